The molecule has 3 heteroatoms. The standard InChI is InChI=1S/C10H13NO2/c1-3-10(2)12-8-5-4-7(11)6-9(8)13-10/h4-6H,3,11H2,1-2H3/t10-/m0/s1. The maximum Gasteiger partial charge on any atom is 0.248 e. The Morgan fingerprint density at radius 2 is 2.00 bits per heavy atom. The topological polar surface area (TPSA) is 44.5 Å². The maximum absolute atomic E-state index is 5.63. The number of nitrogens with two attached hydrogens (primary N) is 1. The molecule has 1 heterocycles. The minimum atomic E-state index is -0.518. The molecule has 0 aliphatic carbocycles. The summed E-state index contributed by atoms with van der Waals surface area (Å²) in [6.45, 7) is 3.94. The molecule has 2 rings (SSSR count). The van der Waals surface area contributed by atoms with Crippen LogP contribution in [0.1, 0.15) is 20.3 Å². The smallest absolute Gasteiger partial charge is 0.248 e. The molecule has 0 spiro atoms. The molecular weight excluding hydrogens is 166 g/mol. The van der Waals surface area contributed by atoms with Crippen molar-refractivity contribution in [1.29, 1.82) is 0 Å². The minimum absolute atomic E-state index is 0.518. The van der Waals surface area contributed by atoms with Gasteiger partial charge in [0.15, 0.2) is 11.5 Å². The molecule has 0 amide bonds. The Hall–Kier alpha value is -1.38. The van der Waals surface area contributed by atoms with Gasteiger partial charge in [-0.1, -0.05) is 6.92 Å². The summed E-state index contributed by atoms with van der Waals surface area (Å²) in [7, 11) is 0. The summed E-state index contributed by atoms with van der Waals surface area (Å²) in [6, 6.07) is 5.44. The maximum atomic E-state index is 5.63. The van der Waals surface area contributed by atoms with Crippen molar-refractivity contribution in [2.75, 3.05) is 5.73 Å². The summed E-state index contributed by atoms with van der Waals surface area (Å²) in [5.41, 5.74) is 6.32. The number of rotatable bonds is 1. The Morgan fingerprint density at radius 3 is 2.69 bits per heavy atom. The second-order valence-electron chi connectivity index (χ2n) is 3.40. The molecule has 70 valence electrons. The van der Waals surface area contributed by atoms with Gasteiger partial charge < -0.3 is 15.2 Å². The fraction of sp³-hybridized carbons (Fsp3) is 0.400. The summed E-state index contributed by atoms with van der Waals surface area (Å²) >= 11 is 0. The molecule has 0 bridgehead atoms. The predicted molar refractivity (Wildman–Crippen MR) is 50.8 cm³/mol. The first kappa shape index (κ1) is 8.23. The quantitative estimate of drug-likeness (QED) is 0.672. The fourth-order valence-electron chi connectivity index (χ4n) is 1.32. The van der Waals surface area contributed by atoms with Gasteiger partial charge in [0.2, 0.25) is 5.79 Å². The second kappa shape index (κ2) is 2.55. The summed E-state index contributed by atoms with van der Waals surface area (Å²) in [4.78, 5) is 0. The largest absolute Gasteiger partial charge is 0.449 e. The van der Waals surface area contributed by atoms with Crippen LogP contribution in [0.25, 0.3) is 0 Å². The normalized spacial score (nSPS) is 24.8. The highest BCUT2D eigenvalue weighted by atomic mass is 16.7. The van der Waals surface area contributed by atoms with Crippen LogP contribution in [-0.4, -0.2) is 5.79 Å². The van der Waals surface area contributed by atoms with Gasteiger partial charge in [0, 0.05) is 25.1 Å². The number of benzene rings is 1. The van der Waals surface area contributed by atoms with Gasteiger partial charge in [0.05, 0.1) is 0 Å². The minimum Gasteiger partial charge on any atom is -0.449 e. The first-order chi connectivity index (χ1) is 6.13. The lowest BCUT2D eigenvalue weighted by Gasteiger charge is -2.20. The number of nitrogen functional groups attached to an aromatic ring is 1. The van der Waals surface area contributed by atoms with E-state index in [1.807, 2.05) is 26.0 Å². The van der Waals surface area contributed by atoms with Crippen LogP contribution in [0.3, 0.4) is 0 Å². The van der Waals surface area contributed by atoms with Crippen molar-refractivity contribution >= 4 is 5.69 Å². The van der Waals surface area contributed by atoms with E-state index in [2.05, 4.69) is 0 Å². The van der Waals surface area contributed by atoms with Crippen LogP contribution in [0.15, 0.2) is 18.2 Å². The van der Waals surface area contributed by atoms with Crippen molar-refractivity contribution in [3.63, 3.8) is 0 Å². The van der Waals surface area contributed by atoms with Crippen LogP contribution >= 0.6 is 0 Å². The first-order valence-corrected chi connectivity index (χ1v) is 4.40. The zero-order valence-corrected chi connectivity index (χ0v) is 7.83. The van der Waals surface area contributed by atoms with Crippen LogP contribution in [0, 0.1) is 0 Å². The zero-order valence-electron chi connectivity index (χ0n) is 7.83. The predicted octanol–water partition coefficient (Wildman–Crippen LogP) is 2.17. The SMILES string of the molecule is CC[C@@]1(C)Oc2ccc(N)cc2O1. The van der Waals surface area contributed by atoms with Gasteiger partial charge in [-0.05, 0) is 12.1 Å². The Labute approximate surface area is 77.5 Å². The van der Waals surface area contributed by atoms with Gasteiger partial charge in [-0.15, -0.1) is 0 Å². The molecule has 1 aliphatic heterocycles. The molecule has 0 fully saturated rings. The van der Waals surface area contributed by atoms with Crippen molar-refractivity contribution < 1.29 is 9.47 Å². The van der Waals surface area contributed by atoms with E-state index in [1.54, 1.807) is 6.07 Å². The Balaban J connectivity index is 2.35. The summed E-state index contributed by atoms with van der Waals surface area (Å²) in [5.74, 6) is 0.999. The average Bonchev–Trinajstić information content (AvgIpc) is 2.42. The molecule has 2 N–H and O–H groups in total. The van der Waals surface area contributed by atoms with E-state index in [9.17, 15) is 0 Å². The monoisotopic (exact) mass is 179 g/mol. The molecule has 0 saturated heterocycles. The Bertz CT molecular complexity index is 338. The molecule has 1 aliphatic rings. The van der Waals surface area contributed by atoms with Gasteiger partial charge in [-0.2, -0.15) is 0 Å². The van der Waals surface area contributed by atoms with Crippen molar-refractivity contribution in [1.82, 2.24) is 0 Å². The highest BCUT2D eigenvalue weighted by Crippen LogP contribution is 2.41. The first-order valence-electron chi connectivity index (χ1n) is 4.40. The number of ether oxygens (including phenoxy) is 2. The van der Waals surface area contributed by atoms with E-state index in [4.69, 9.17) is 15.2 Å². The average molecular weight is 179 g/mol. The Kier molecular flexibility index (Phi) is 1.62. The van der Waals surface area contributed by atoms with Crippen molar-refractivity contribution in [2.24, 2.45) is 0 Å². The lowest BCUT2D eigenvalue weighted by molar-refractivity contribution is -0.0640. The van der Waals surface area contributed by atoms with Crippen molar-refractivity contribution in [3.05, 3.63) is 18.2 Å². The van der Waals surface area contributed by atoms with Gasteiger partial charge >= 0.3 is 0 Å². The number of hydrogen-bond acceptors (Lipinski definition) is 3. The van der Waals surface area contributed by atoms with E-state index in [1.165, 1.54) is 0 Å². The highest BCUT2D eigenvalue weighted by molar-refractivity contribution is 5.53. The van der Waals surface area contributed by atoms with E-state index in [-0.39, 0.29) is 0 Å². The second-order valence-corrected chi connectivity index (χ2v) is 3.40. The van der Waals surface area contributed by atoms with Gasteiger partial charge in [0.1, 0.15) is 0 Å². The molecule has 0 aromatic heterocycles. The molecule has 0 radical (unpaired) electrons. The number of hydrogen-bond donors (Lipinski definition) is 1. The van der Waals surface area contributed by atoms with Crippen LogP contribution in [-0.2, 0) is 0 Å². The fourth-order valence-corrected chi connectivity index (χ4v) is 1.32. The van der Waals surface area contributed by atoms with E-state index >= 15 is 0 Å². The van der Waals surface area contributed by atoms with Crippen LogP contribution < -0.4 is 15.2 Å². The zero-order chi connectivity index (χ0) is 9.47. The van der Waals surface area contributed by atoms with Gasteiger partial charge in [-0.25, -0.2) is 0 Å². The van der Waals surface area contributed by atoms with Crippen molar-refractivity contribution in [3.8, 4) is 11.5 Å². The van der Waals surface area contributed by atoms with Crippen LogP contribution in [0.5, 0.6) is 11.5 Å². The third kappa shape index (κ3) is 1.30. The summed E-state index contributed by atoms with van der Waals surface area (Å²) in [6.07, 6.45) is 0.807. The molecule has 13 heavy (non-hydrogen) atoms. The molecule has 0 unspecified atom stereocenters. The third-order valence-corrected chi connectivity index (χ3v) is 2.26. The highest BCUT2D eigenvalue weighted by Gasteiger charge is 2.34. The van der Waals surface area contributed by atoms with Gasteiger partial charge in [-0.3, -0.25) is 0 Å². The van der Waals surface area contributed by atoms with E-state index in [0.29, 0.717) is 5.69 Å². The number of anilines is 1. The summed E-state index contributed by atoms with van der Waals surface area (Å²) in [5, 5.41) is 0. The van der Waals surface area contributed by atoms with Crippen LogP contribution in [0.2, 0.25) is 0 Å². The molecule has 0 saturated carbocycles. The van der Waals surface area contributed by atoms with Crippen molar-refractivity contribution in [2.45, 2.75) is 26.1 Å². The molecular formula is C10H13NO2. The third-order valence-electron chi connectivity index (χ3n) is 2.26. The lowest BCUT2D eigenvalue weighted by Crippen LogP contribution is -2.33. The number of fused-ring (bicyclic) bond motifs is 1. The molecule has 1 atom stereocenters. The van der Waals surface area contributed by atoms with E-state index < -0.39 is 5.79 Å². The lowest BCUT2D eigenvalue weighted by atomic mass is 10.2. The van der Waals surface area contributed by atoms with E-state index in [0.717, 1.165) is 17.9 Å². The summed E-state index contributed by atoms with van der Waals surface area (Å²) < 4.78 is 11.2. The van der Waals surface area contributed by atoms with Gasteiger partial charge in [0.25, 0.3) is 0 Å². The molecule has 1 aromatic carbocycles. The Morgan fingerprint density at radius 1 is 1.31 bits per heavy atom. The van der Waals surface area contributed by atoms with Crippen LogP contribution in [0.4, 0.5) is 5.69 Å². The molecule has 1 aromatic rings. The molecule has 3 nitrogen and oxygen atoms in total.